The van der Waals surface area contributed by atoms with Gasteiger partial charge >= 0.3 is 0 Å². The molecule has 1 aliphatic rings. The topological polar surface area (TPSA) is 70.7 Å². The lowest BCUT2D eigenvalue weighted by atomic mass is 10.1. The van der Waals surface area contributed by atoms with Crippen molar-refractivity contribution in [1.29, 1.82) is 0 Å². The van der Waals surface area contributed by atoms with Gasteiger partial charge in [0.05, 0.1) is 11.4 Å². The summed E-state index contributed by atoms with van der Waals surface area (Å²) in [7, 11) is 0. The maximum Gasteiger partial charge on any atom is 0.249 e. The highest BCUT2D eigenvalue weighted by Gasteiger charge is 2.29. The van der Waals surface area contributed by atoms with Gasteiger partial charge in [-0.05, 0) is 48.9 Å². The van der Waals surface area contributed by atoms with Gasteiger partial charge in [0.15, 0.2) is 0 Å². The van der Waals surface area contributed by atoms with Gasteiger partial charge in [-0.15, -0.1) is 0 Å². The predicted molar refractivity (Wildman–Crippen MR) is 118 cm³/mol. The van der Waals surface area contributed by atoms with Crippen LogP contribution in [0.3, 0.4) is 0 Å². The second kappa shape index (κ2) is 8.69. The molecule has 0 saturated carbocycles. The van der Waals surface area contributed by atoms with Gasteiger partial charge in [-0.3, -0.25) is 14.5 Å². The fraction of sp³-hybridized carbons (Fsp3) is 0.167. The Balaban J connectivity index is 1.38. The highest BCUT2D eigenvalue weighted by Crippen LogP contribution is 2.29. The number of nitrogens with zero attached hydrogens (tertiary/aromatic N) is 1. The van der Waals surface area contributed by atoms with Crippen molar-refractivity contribution in [3.05, 3.63) is 84.4 Å². The Morgan fingerprint density at radius 3 is 2.50 bits per heavy atom. The number of hydrogen-bond acceptors (Lipinski definition) is 4. The van der Waals surface area contributed by atoms with E-state index in [1.165, 1.54) is 4.90 Å². The zero-order chi connectivity index (χ0) is 20.9. The lowest BCUT2D eigenvalue weighted by Gasteiger charge is -2.31. The summed E-state index contributed by atoms with van der Waals surface area (Å²) in [5, 5.41) is 6.00. The summed E-state index contributed by atoms with van der Waals surface area (Å²) in [6, 6.07) is 24.3. The molecule has 2 amide bonds. The normalized spacial score (nSPS) is 13.8. The van der Waals surface area contributed by atoms with E-state index < -0.39 is 6.04 Å². The Bertz CT molecular complexity index is 1040. The molecule has 1 aliphatic heterocycles. The molecule has 0 radical (unpaired) electrons. The number of para-hydroxylation sites is 2. The molecule has 0 unspecified atom stereocenters. The number of ether oxygens (including phenoxy) is 1. The second-order valence-electron chi connectivity index (χ2n) is 7.15. The van der Waals surface area contributed by atoms with E-state index in [1.807, 2.05) is 72.8 Å². The van der Waals surface area contributed by atoms with E-state index in [4.69, 9.17) is 4.74 Å². The average molecular weight is 401 g/mol. The molecule has 0 bridgehead atoms. The Morgan fingerprint density at radius 1 is 1.03 bits per heavy atom. The Morgan fingerprint density at radius 2 is 1.73 bits per heavy atom. The number of carbonyl (C=O) groups excluding carboxylic acids is 2. The number of hydrogen-bond donors (Lipinski definition) is 2. The maximum atomic E-state index is 13.0. The van der Waals surface area contributed by atoms with Crippen molar-refractivity contribution in [3.8, 4) is 5.75 Å². The number of rotatable bonds is 6. The fourth-order valence-electron chi connectivity index (χ4n) is 3.36. The molecule has 1 heterocycles. The minimum Gasteiger partial charge on any atom is -0.489 e. The number of amides is 2. The van der Waals surface area contributed by atoms with Crippen molar-refractivity contribution in [1.82, 2.24) is 0 Å². The molecular formula is C24H23N3O3. The molecule has 1 atom stereocenters. The van der Waals surface area contributed by atoms with Crippen molar-refractivity contribution >= 4 is 28.9 Å². The minimum absolute atomic E-state index is 0.00807. The molecule has 0 fully saturated rings. The molecule has 3 aromatic carbocycles. The number of anilines is 3. The number of carbonyl (C=O) groups is 2. The van der Waals surface area contributed by atoms with Crippen LogP contribution < -0.4 is 20.3 Å². The van der Waals surface area contributed by atoms with Crippen LogP contribution >= 0.6 is 0 Å². The summed E-state index contributed by atoms with van der Waals surface area (Å²) in [4.78, 5) is 26.5. The maximum absolute atomic E-state index is 13.0. The lowest BCUT2D eigenvalue weighted by molar-refractivity contribution is -0.122. The van der Waals surface area contributed by atoms with Gasteiger partial charge in [0.25, 0.3) is 0 Å². The molecule has 0 aromatic heterocycles. The van der Waals surface area contributed by atoms with E-state index in [1.54, 1.807) is 13.0 Å². The second-order valence-corrected chi connectivity index (χ2v) is 7.15. The van der Waals surface area contributed by atoms with Crippen LogP contribution in [0.15, 0.2) is 78.9 Å². The largest absolute Gasteiger partial charge is 0.489 e. The fourth-order valence-corrected chi connectivity index (χ4v) is 3.36. The molecular weight excluding hydrogens is 378 g/mol. The first kappa shape index (κ1) is 19.5. The van der Waals surface area contributed by atoms with Crippen LogP contribution in [0.5, 0.6) is 5.75 Å². The van der Waals surface area contributed by atoms with Crippen molar-refractivity contribution in [2.75, 3.05) is 22.1 Å². The standard InChI is InChI=1S/C24H23N3O3/c1-17(24(29)27-15-23(28)26-21-9-5-6-10-22(21)27)25-19-11-13-20(14-12-19)30-16-18-7-3-2-4-8-18/h2-14,17,25H,15-16H2,1H3,(H,26,28)/t17-/m1/s1. The highest BCUT2D eigenvalue weighted by atomic mass is 16.5. The Hall–Kier alpha value is -3.80. The number of benzene rings is 3. The molecule has 3 aromatic rings. The van der Waals surface area contributed by atoms with Crippen LogP contribution in [0.2, 0.25) is 0 Å². The molecule has 2 N–H and O–H groups in total. The van der Waals surface area contributed by atoms with E-state index in [9.17, 15) is 9.59 Å². The van der Waals surface area contributed by atoms with Crippen LogP contribution in [-0.4, -0.2) is 24.4 Å². The zero-order valence-electron chi connectivity index (χ0n) is 16.7. The predicted octanol–water partition coefficient (Wildman–Crippen LogP) is 4.05. The molecule has 0 aliphatic carbocycles. The molecule has 6 heteroatoms. The smallest absolute Gasteiger partial charge is 0.249 e. The van der Waals surface area contributed by atoms with Crippen molar-refractivity contribution in [2.45, 2.75) is 19.6 Å². The van der Waals surface area contributed by atoms with E-state index >= 15 is 0 Å². The van der Waals surface area contributed by atoms with Gasteiger partial charge in [-0.2, -0.15) is 0 Å². The van der Waals surface area contributed by atoms with Crippen LogP contribution in [0.1, 0.15) is 12.5 Å². The third-order valence-electron chi connectivity index (χ3n) is 4.89. The van der Waals surface area contributed by atoms with Gasteiger partial charge < -0.3 is 15.4 Å². The van der Waals surface area contributed by atoms with E-state index in [2.05, 4.69) is 10.6 Å². The van der Waals surface area contributed by atoms with E-state index in [0.29, 0.717) is 18.0 Å². The third kappa shape index (κ3) is 4.43. The van der Waals surface area contributed by atoms with E-state index in [-0.39, 0.29) is 18.4 Å². The van der Waals surface area contributed by atoms with E-state index in [0.717, 1.165) is 17.0 Å². The summed E-state index contributed by atoms with van der Waals surface area (Å²) in [5.41, 5.74) is 3.26. The third-order valence-corrected chi connectivity index (χ3v) is 4.89. The summed E-state index contributed by atoms with van der Waals surface area (Å²) < 4.78 is 5.80. The van der Waals surface area contributed by atoms with Crippen molar-refractivity contribution in [2.24, 2.45) is 0 Å². The Kier molecular flexibility index (Phi) is 5.66. The number of nitrogens with one attached hydrogen (secondary N) is 2. The summed E-state index contributed by atoms with van der Waals surface area (Å²) >= 11 is 0. The van der Waals surface area contributed by atoms with Crippen molar-refractivity contribution < 1.29 is 14.3 Å². The zero-order valence-corrected chi connectivity index (χ0v) is 16.7. The van der Waals surface area contributed by atoms with Crippen LogP contribution in [0, 0.1) is 0 Å². The molecule has 4 rings (SSSR count). The van der Waals surface area contributed by atoms with Gasteiger partial charge in [-0.1, -0.05) is 42.5 Å². The van der Waals surface area contributed by atoms with Crippen LogP contribution in [0.4, 0.5) is 17.1 Å². The summed E-state index contributed by atoms with van der Waals surface area (Å²) in [5.74, 6) is 0.390. The number of fused-ring (bicyclic) bond motifs is 1. The monoisotopic (exact) mass is 401 g/mol. The summed E-state index contributed by atoms with van der Waals surface area (Å²) in [6.07, 6.45) is 0. The minimum atomic E-state index is -0.500. The van der Waals surface area contributed by atoms with Crippen LogP contribution in [-0.2, 0) is 16.2 Å². The lowest BCUT2D eigenvalue weighted by Crippen LogP contribution is -2.47. The molecule has 152 valence electrons. The van der Waals surface area contributed by atoms with Gasteiger partial charge in [0.2, 0.25) is 11.8 Å². The molecule has 30 heavy (non-hydrogen) atoms. The first-order valence-corrected chi connectivity index (χ1v) is 9.84. The van der Waals surface area contributed by atoms with Crippen LogP contribution in [0.25, 0.3) is 0 Å². The molecule has 0 saturated heterocycles. The first-order chi connectivity index (χ1) is 14.6. The van der Waals surface area contributed by atoms with Gasteiger partial charge in [0, 0.05) is 5.69 Å². The van der Waals surface area contributed by atoms with Gasteiger partial charge in [-0.25, -0.2) is 0 Å². The highest BCUT2D eigenvalue weighted by molar-refractivity contribution is 6.11. The average Bonchev–Trinajstić information content (AvgIpc) is 2.78. The SMILES string of the molecule is C[C@@H](Nc1ccc(OCc2ccccc2)cc1)C(=O)N1CC(=O)Nc2ccccc21. The summed E-state index contributed by atoms with van der Waals surface area (Å²) in [6.45, 7) is 2.30. The Labute approximate surface area is 175 Å². The van der Waals surface area contributed by atoms with Gasteiger partial charge in [0.1, 0.15) is 24.9 Å². The molecule has 0 spiro atoms. The molecule has 6 nitrogen and oxygen atoms in total. The first-order valence-electron chi connectivity index (χ1n) is 9.84. The quantitative estimate of drug-likeness (QED) is 0.654. The van der Waals surface area contributed by atoms with Crippen molar-refractivity contribution in [3.63, 3.8) is 0 Å².